The van der Waals surface area contributed by atoms with Crippen LogP contribution in [-0.2, 0) is 40.6 Å². The SMILES string of the molecule is OCc1ccc2c(c1)c1cc(CO)ccc1n2-c1ccc(OCCOCCOCCOCCOc2ccc(-n3c4ccc(CO)cc4c4cc(CO)ccc43)cc2)cc1. The van der Waals surface area contributed by atoms with Gasteiger partial charge in [0, 0.05) is 32.9 Å². The third-order valence-electron chi connectivity index (χ3n) is 10.4. The summed E-state index contributed by atoms with van der Waals surface area (Å²) in [7, 11) is 0. The first-order valence-corrected chi connectivity index (χ1v) is 19.8. The Hall–Kier alpha value is -5.76. The van der Waals surface area contributed by atoms with Crippen LogP contribution in [0.25, 0.3) is 55.0 Å². The molecule has 2 aromatic heterocycles. The van der Waals surface area contributed by atoms with E-state index in [2.05, 4.69) is 9.13 Å². The van der Waals surface area contributed by atoms with E-state index in [9.17, 15) is 20.4 Å². The van der Waals surface area contributed by atoms with Crippen molar-refractivity contribution in [2.24, 2.45) is 0 Å². The number of hydrogen-bond acceptors (Lipinski definition) is 9. The zero-order chi connectivity index (χ0) is 40.6. The van der Waals surface area contributed by atoms with Crippen molar-refractivity contribution in [3.8, 4) is 22.9 Å². The molecule has 0 amide bonds. The van der Waals surface area contributed by atoms with Crippen LogP contribution in [0.1, 0.15) is 22.3 Å². The first-order chi connectivity index (χ1) is 29.1. The van der Waals surface area contributed by atoms with Crippen molar-refractivity contribution in [1.82, 2.24) is 9.13 Å². The lowest BCUT2D eigenvalue weighted by Gasteiger charge is -2.11. The minimum atomic E-state index is -0.0339. The molecule has 2 heterocycles. The molecule has 0 bridgehead atoms. The number of aliphatic hydroxyl groups is 4. The van der Waals surface area contributed by atoms with E-state index in [1.165, 1.54) is 0 Å². The molecule has 8 aromatic rings. The molecule has 0 atom stereocenters. The number of benzene rings is 6. The van der Waals surface area contributed by atoms with Gasteiger partial charge in [-0.05, 0) is 119 Å². The van der Waals surface area contributed by atoms with Crippen molar-refractivity contribution < 1.29 is 44.1 Å². The van der Waals surface area contributed by atoms with Crippen LogP contribution in [0.2, 0.25) is 0 Å². The van der Waals surface area contributed by atoms with Gasteiger partial charge in [-0.25, -0.2) is 0 Å². The Labute approximate surface area is 341 Å². The minimum absolute atomic E-state index is 0.0339. The Morgan fingerprint density at radius 1 is 0.322 bits per heavy atom. The van der Waals surface area contributed by atoms with Gasteiger partial charge < -0.3 is 53.2 Å². The molecule has 0 aliphatic heterocycles. The molecule has 0 spiro atoms. The second kappa shape index (κ2) is 18.9. The van der Waals surface area contributed by atoms with E-state index >= 15 is 0 Å². The average Bonchev–Trinajstić information content (AvgIpc) is 3.79. The summed E-state index contributed by atoms with van der Waals surface area (Å²) in [5.41, 5.74) is 9.41. The largest absolute Gasteiger partial charge is 0.491 e. The van der Waals surface area contributed by atoms with Crippen LogP contribution >= 0.6 is 0 Å². The van der Waals surface area contributed by atoms with Crippen LogP contribution in [0.5, 0.6) is 11.5 Å². The molecule has 11 nitrogen and oxygen atoms in total. The average molecular weight is 797 g/mol. The van der Waals surface area contributed by atoms with E-state index < -0.39 is 0 Å². The number of ether oxygens (including phenoxy) is 5. The Kier molecular flexibility index (Phi) is 12.8. The standard InChI is InChI=1S/C48H48N2O9/c51-29-33-1-13-45-41(25-33)42-26-34(30-52)2-14-46(42)49(45)37-5-9-39(10-6-37)58-23-21-56-19-17-55-18-20-57-22-24-59-40-11-7-38(8-12-40)50-47-15-3-35(31-53)27-43(47)44-28-36(32-54)4-16-48(44)50/h1-16,25-28,51-54H,17-24,29-32H2. The van der Waals surface area contributed by atoms with Crippen LogP contribution in [0.3, 0.4) is 0 Å². The van der Waals surface area contributed by atoms with Gasteiger partial charge in [-0.3, -0.25) is 0 Å². The molecular weight excluding hydrogens is 749 g/mol. The van der Waals surface area contributed by atoms with Gasteiger partial charge >= 0.3 is 0 Å². The maximum atomic E-state index is 9.72. The number of fused-ring (bicyclic) bond motifs is 6. The monoisotopic (exact) mass is 796 g/mol. The van der Waals surface area contributed by atoms with Gasteiger partial charge in [0.1, 0.15) is 24.7 Å². The van der Waals surface area contributed by atoms with Gasteiger partial charge in [0.2, 0.25) is 0 Å². The highest BCUT2D eigenvalue weighted by molar-refractivity contribution is 6.10. The van der Waals surface area contributed by atoms with E-state index in [1.807, 2.05) is 121 Å². The van der Waals surface area contributed by atoms with Gasteiger partial charge in [-0.15, -0.1) is 0 Å². The highest BCUT2D eigenvalue weighted by Gasteiger charge is 2.15. The summed E-state index contributed by atoms with van der Waals surface area (Å²) in [6.45, 7) is 3.36. The lowest BCUT2D eigenvalue weighted by atomic mass is 10.1. The Morgan fingerprint density at radius 2 is 0.593 bits per heavy atom. The zero-order valence-corrected chi connectivity index (χ0v) is 32.8. The maximum Gasteiger partial charge on any atom is 0.119 e. The molecule has 59 heavy (non-hydrogen) atoms. The third-order valence-corrected chi connectivity index (χ3v) is 10.4. The lowest BCUT2D eigenvalue weighted by molar-refractivity contribution is 0.00499. The second-order valence-corrected chi connectivity index (χ2v) is 14.2. The topological polar surface area (TPSA) is 137 Å². The van der Waals surface area contributed by atoms with Crippen LogP contribution in [0.15, 0.2) is 121 Å². The molecule has 0 aliphatic rings. The van der Waals surface area contributed by atoms with E-state index in [4.69, 9.17) is 23.7 Å². The summed E-state index contributed by atoms with van der Waals surface area (Å²) >= 11 is 0. The van der Waals surface area contributed by atoms with Gasteiger partial charge in [0.05, 0.1) is 88.1 Å². The summed E-state index contributed by atoms with van der Waals surface area (Å²) in [5, 5.41) is 43.0. The minimum Gasteiger partial charge on any atom is -0.491 e. The van der Waals surface area contributed by atoms with Gasteiger partial charge in [0.15, 0.2) is 0 Å². The number of aliphatic hydroxyl groups excluding tert-OH is 4. The van der Waals surface area contributed by atoms with Gasteiger partial charge in [-0.2, -0.15) is 0 Å². The molecular formula is C48H48N2O9. The van der Waals surface area contributed by atoms with Crippen LogP contribution in [0.4, 0.5) is 0 Å². The molecule has 8 rings (SSSR count). The second-order valence-electron chi connectivity index (χ2n) is 14.2. The van der Waals surface area contributed by atoms with Crippen LogP contribution < -0.4 is 9.47 Å². The number of nitrogens with zero attached hydrogens (tertiary/aromatic N) is 2. The van der Waals surface area contributed by atoms with E-state index in [0.29, 0.717) is 52.9 Å². The molecule has 0 saturated heterocycles. The molecule has 0 unspecified atom stereocenters. The van der Waals surface area contributed by atoms with Crippen LogP contribution in [-0.4, -0.2) is 82.4 Å². The fraction of sp³-hybridized carbons (Fsp3) is 0.250. The normalized spacial score (nSPS) is 11.7. The molecule has 4 N–H and O–H groups in total. The Balaban J connectivity index is 0.720. The molecule has 11 heteroatoms. The molecule has 0 fully saturated rings. The molecule has 0 saturated carbocycles. The molecule has 6 aromatic carbocycles. The highest BCUT2D eigenvalue weighted by atomic mass is 16.6. The van der Waals surface area contributed by atoms with Crippen molar-refractivity contribution in [1.29, 1.82) is 0 Å². The van der Waals surface area contributed by atoms with E-state index in [0.717, 1.165) is 88.7 Å². The first kappa shape index (κ1) is 40.0. The molecule has 0 aliphatic carbocycles. The van der Waals surface area contributed by atoms with Crippen molar-refractivity contribution in [3.63, 3.8) is 0 Å². The molecule has 304 valence electrons. The fourth-order valence-electron chi connectivity index (χ4n) is 7.55. The summed E-state index contributed by atoms with van der Waals surface area (Å²) in [6.07, 6.45) is 0. The van der Waals surface area contributed by atoms with Gasteiger partial charge in [-0.1, -0.05) is 24.3 Å². The zero-order valence-electron chi connectivity index (χ0n) is 32.8. The summed E-state index contributed by atoms with van der Waals surface area (Å²) in [6, 6.07) is 39.7. The summed E-state index contributed by atoms with van der Waals surface area (Å²) < 4.78 is 33.2. The fourth-order valence-corrected chi connectivity index (χ4v) is 7.55. The number of aromatic nitrogens is 2. The number of rotatable bonds is 20. The number of hydrogen-bond donors (Lipinski definition) is 4. The predicted octanol–water partition coefficient (Wildman–Crippen LogP) is 7.36. The molecule has 0 radical (unpaired) electrons. The van der Waals surface area contributed by atoms with Crippen molar-refractivity contribution in [2.75, 3.05) is 52.9 Å². The van der Waals surface area contributed by atoms with Crippen molar-refractivity contribution >= 4 is 43.6 Å². The Morgan fingerprint density at radius 3 is 0.864 bits per heavy atom. The summed E-state index contributed by atoms with van der Waals surface area (Å²) in [5.74, 6) is 1.49. The Bertz CT molecular complexity index is 2340. The van der Waals surface area contributed by atoms with Crippen molar-refractivity contribution in [2.45, 2.75) is 26.4 Å². The maximum absolute atomic E-state index is 9.72. The predicted molar refractivity (Wildman–Crippen MR) is 229 cm³/mol. The third kappa shape index (κ3) is 8.82. The highest BCUT2D eigenvalue weighted by Crippen LogP contribution is 2.35. The van der Waals surface area contributed by atoms with E-state index in [-0.39, 0.29) is 26.4 Å². The quantitative estimate of drug-likeness (QED) is 0.0584. The smallest absolute Gasteiger partial charge is 0.119 e. The van der Waals surface area contributed by atoms with E-state index in [1.54, 1.807) is 0 Å². The van der Waals surface area contributed by atoms with Gasteiger partial charge in [0.25, 0.3) is 0 Å². The van der Waals surface area contributed by atoms with Crippen molar-refractivity contribution in [3.05, 3.63) is 144 Å². The van der Waals surface area contributed by atoms with Crippen LogP contribution in [0, 0.1) is 0 Å². The lowest BCUT2D eigenvalue weighted by Crippen LogP contribution is -2.14. The summed E-state index contributed by atoms with van der Waals surface area (Å²) in [4.78, 5) is 0. The first-order valence-electron chi connectivity index (χ1n) is 19.8.